The van der Waals surface area contributed by atoms with E-state index in [0.29, 0.717) is 6.61 Å². The molecule has 3 heteroatoms. The van der Waals surface area contributed by atoms with E-state index in [1.807, 2.05) is 25.1 Å². The minimum Gasteiger partial charge on any atom is -0.494 e. The Hall–Kier alpha value is -1.06. The highest BCUT2D eigenvalue weighted by Gasteiger charge is 2.14. The second kappa shape index (κ2) is 11.6. The number of benzene rings is 1. The van der Waals surface area contributed by atoms with E-state index in [1.54, 1.807) is 0 Å². The summed E-state index contributed by atoms with van der Waals surface area (Å²) in [5, 5.41) is 0. The SMILES string of the molecule is CCCCCCCCCC(NN)c1ccccc1OCC. The van der Waals surface area contributed by atoms with Crippen molar-refractivity contribution in [3.63, 3.8) is 0 Å². The van der Waals surface area contributed by atoms with Crippen molar-refractivity contribution >= 4 is 0 Å². The molecule has 0 bridgehead atoms. The summed E-state index contributed by atoms with van der Waals surface area (Å²) in [4.78, 5) is 0. The van der Waals surface area contributed by atoms with Gasteiger partial charge in [0.2, 0.25) is 0 Å². The van der Waals surface area contributed by atoms with Crippen LogP contribution in [-0.2, 0) is 0 Å². The van der Waals surface area contributed by atoms with Gasteiger partial charge >= 0.3 is 0 Å². The molecule has 1 atom stereocenters. The van der Waals surface area contributed by atoms with Crippen LogP contribution in [0.4, 0.5) is 0 Å². The molecule has 1 aromatic carbocycles. The average molecular weight is 292 g/mol. The first-order valence-electron chi connectivity index (χ1n) is 8.51. The van der Waals surface area contributed by atoms with Crippen LogP contribution in [0.3, 0.4) is 0 Å². The molecule has 0 aromatic heterocycles. The monoisotopic (exact) mass is 292 g/mol. The Morgan fingerprint density at radius 2 is 1.67 bits per heavy atom. The smallest absolute Gasteiger partial charge is 0.124 e. The van der Waals surface area contributed by atoms with E-state index >= 15 is 0 Å². The van der Waals surface area contributed by atoms with Crippen LogP contribution in [0.2, 0.25) is 0 Å². The van der Waals surface area contributed by atoms with Gasteiger partial charge in [0.15, 0.2) is 0 Å². The molecular weight excluding hydrogens is 260 g/mol. The van der Waals surface area contributed by atoms with E-state index in [1.165, 1.54) is 50.5 Å². The first-order valence-corrected chi connectivity index (χ1v) is 8.51. The Morgan fingerprint density at radius 1 is 1.00 bits per heavy atom. The molecule has 0 amide bonds. The molecule has 0 aliphatic rings. The van der Waals surface area contributed by atoms with E-state index in [4.69, 9.17) is 10.6 Å². The fraction of sp³-hybridized carbons (Fsp3) is 0.667. The van der Waals surface area contributed by atoms with Crippen molar-refractivity contribution in [2.45, 2.75) is 71.3 Å². The minimum atomic E-state index is 0.184. The van der Waals surface area contributed by atoms with Gasteiger partial charge in [-0.15, -0.1) is 0 Å². The lowest BCUT2D eigenvalue weighted by molar-refractivity contribution is 0.329. The van der Waals surface area contributed by atoms with E-state index in [-0.39, 0.29) is 6.04 Å². The van der Waals surface area contributed by atoms with E-state index in [9.17, 15) is 0 Å². The van der Waals surface area contributed by atoms with Gasteiger partial charge in [0.1, 0.15) is 5.75 Å². The van der Waals surface area contributed by atoms with Gasteiger partial charge in [0.05, 0.1) is 6.61 Å². The minimum absolute atomic E-state index is 0.184. The Kier molecular flexibility index (Phi) is 9.92. The zero-order valence-electron chi connectivity index (χ0n) is 13.7. The van der Waals surface area contributed by atoms with E-state index < -0.39 is 0 Å². The summed E-state index contributed by atoms with van der Waals surface area (Å²) in [5.74, 6) is 6.69. The standard InChI is InChI=1S/C18H32N2O/c1-3-5-6-7-8-9-10-14-17(20-19)16-13-11-12-15-18(16)21-4-2/h11-13,15,17,20H,3-10,14,19H2,1-2H3. The molecule has 1 rings (SSSR count). The molecule has 0 saturated carbocycles. The number of hydrazine groups is 1. The highest BCUT2D eigenvalue weighted by Crippen LogP contribution is 2.28. The van der Waals surface area contributed by atoms with Gasteiger partial charge in [0, 0.05) is 11.6 Å². The molecule has 0 saturated heterocycles. The van der Waals surface area contributed by atoms with E-state index in [2.05, 4.69) is 18.4 Å². The van der Waals surface area contributed by atoms with Crippen LogP contribution in [0.15, 0.2) is 24.3 Å². The highest BCUT2D eigenvalue weighted by atomic mass is 16.5. The molecule has 3 nitrogen and oxygen atoms in total. The van der Waals surface area contributed by atoms with Crippen LogP contribution in [0, 0.1) is 0 Å². The Morgan fingerprint density at radius 3 is 2.33 bits per heavy atom. The predicted molar refractivity (Wildman–Crippen MR) is 90.3 cm³/mol. The number of nitrogens with one attached hydrogen (secondary N) is 1. The van der Waals surface area contributed by atoms with Crippen LogP contribution >= 0.6 is 0 Å². The molecule has 1 aromatic rings. The lowest BCUT2D eigenvalue weighted by Gasteiger charge is -2.19. The van der Waals surface area contributed by atoms with Crippen LogP contribution in [-0.4, -0.2) is 6.61 Å². The van der Waals surface area contributed by atoms with Crippen molar-refractivity contribution in [2.75, 3.05) is 6.61 Å². The van der Waals surface area contributed by atoms with Crippen LogP contribution < -0.4 is 16.0 Å². The molecule has 21 heavy (non-hydrogen) atoms. The molecule has 0 aliphatic heterocycles. The third-order valence-electron chi connectivity index (χ3n) is 3.89. The second-order valence-electron chi connectivity index (χ2n) is 5.60. The summed E-state index contributed by atoms with van der Waals surface area (Å²) in [7, 11) is 0. The number of hydrogen-bond acceptors (Lipinski definition) is 3. The van der Waals surface area contributed by atoms with E-state index in [0.717, 1.165) is 12.2 Å². The maximum atomic E-state index is 5.74. The molecule has 0 heterocycles. The number of ether oxygens (including phenoxy) is 1. The number of rotatable bonds is 12. The zero-order valence-corrected chi connectivity index (χ0v) is 13.7. The van der Waals surface area contributed by atoms with Crippen molar-refractivity contribution in [3.05, 3.63) is 29.8 Å². The van der Waals surface area contributed by atoms with Crippen molar-refractivity contribution < 1.29 is 4.74 Å². The lowest BCUT2D eigenvalue weighted by atomic mass is 9.99. The first kappa shape index (κ1) is 18.0. The van der Waals surface area contributed by atoms with Gasteiger partial charge in [-0.1, -0.05) is 70.1 Å². The molecule has 0 spiro atoms. The highest BCUT2D eigenvalue weighted by molar-refractivity contribution is 5.35. The summed E-state index contributed by atoms with van der Waals surface area (Å²) >= 11 is 0. The largest absolute Gasteiger partial charge is 0.494 e. The van der Waals surface area contributed by atoms with Gasteiger partial charge in [-0.2, -0.15) is 0 Å². The fourth-order valence-electron chi connectivity index (χ4n) is 2.69. The summed E-state index contributed by atoms with van der Waals surface area (Å²) < 4.78 is 5.70. The number of nitrogens with two attached hydrogens (primary N) is 1. The Balaban J connectivity index is 2.37. The Bertz CT molecular complexity index is 368. The van der Waals surface area contributed by atoms with Crippen molar-refractivity contribution in [1.82, 2.24) is 5.43 Å². The van der Waals surface area contributed by atoms with Crippen molar-refractivity contribution in [3.8, 4) is 5.75 Å². The number of para-hydroxylation sites is 1. The van der Waals surface area contributed by atoms with Crippen molar-refractivity contribution in [1.29, 1.82) is 0 Å². The summed E-state index contributed by atoms with van der Waals surface area (Å²) in [5.41, 5.74) is 4.12. The molecule has 0 fully saturated rings. The average Bonchev–Trinajstić information content (AvgIpc) is 2.51. The number of hydrogen-bond donors (Lipinski definition) is 2. The lowest BCUT2D eigenvalue weighted by Crippen LogP contribution is -2.28. The zero-order chi connectivity index (χ0) is 15.3. The van der Waals surface area contributed by atoms with Gasteiger partial charge in [0.25, 0.3) is 0 Å². The molecule has 3 N–H and O–H groups in total. The van der Waals surface area contributed by atoms with Gasteiger partial charge < -0.3 is 4.74 Å². The summed E-state index contributed by atoms with van der Waals surface area (Å²) in [6, 6.07) is 8.37. The quantitative estimate of drug-likeness (QED) is 0.332. The van der Waals surface area contributed by atoms with Gasteiger partial charge in [-0.3, -0.25) is 11.3 Å². The second-order valence-corrected chi connectivity index (χ2v) is 5.60. The third-order valence-corrected chi connectivity index (χ3v) is 3.89. The van der Waals surface area contributed by atoms with Crippen LogP contribution in [0.25, 0.3) is 0 Å². The van der Waals surface area contributed by atoms with Gasteiger partial charge in [-0.05, 0) is 19.4 Å². The summed E-state index contributed by atoms with van der Waals surface area (Å²) in [6.45, 7) is 4.96. The molecular formula is C18H32N2O. The molecule has 0 aliphatic carbocycles. The maximum Gasteiger partial charge on any atom is 0.124 e. The third kappa shape index (κ3) is 6.96. The van der Waals surface area contributed by atoms with Crippen LogP contribution in [0.1, 0.15) is 76.8 Å². The number of unbranched alkanes of at least 4 members (excludes halogenated alkanes) is 6. The molecule has 1 unspecified atom stereocenters. The normalized spacial score (nSPS) is 12.3. The topological polar surface area (TPSA) is 47.3 Å². The van der Waals surface area contributed by atoms with Crippen LogP contribution in [0.5, 0.6) is 5.75 Å². The maximum absolute atomic E-state index is 5.74. The molecule has 0 radical (unpaired) electrons. The predicted octanol–water partition coefficient (Wildman–Crippen LogP) is 4.73. The van der Waals surface area contributed by atoms with Gasteiger partial charge in [-0.25, -0.2) is 0 Å². The first-order chi connectivity index (χ1) is 10.3. The van der Waals surface area contributed by atoms with Crippen molar-refractivity contribution in [2.24, 2.45) is 5.84 Å². The fourth-order valence-corrected chi connectivity index (χ4v) is 2.69. The molecule has 120 valence electrons. The Labute approximate surface area is 130 Å². The summed E-state index contributed by atoms with van der Waals surface area (Å²) in [6.07, 6.45) is 10.3.